The fraction of sp³-hybridized carbons (Fsp3) is 0.200. The third-order valence-electron chi connectivity index (χ3n) is 2.97. The van der Waals surface area contributed by atoms with Gasteiger partial charge in [-0.2, -0.15) is 18.2 Å². The van der Waals surface area contributed by atoms with E-state index in [2.05, 4.69) is 10.1 Å². The highest BCUT2D eigenvalue weighted by Gasteiger charge is 2.30. The van der Waals surface area contributed by atoms with Gasteiger partial charge in [0, 0.05) is 5.56 Å². The van der Waals surface area contributed by atoms with Gasteiger partial charge in [0.2, 0.25) is 11.7 Å². The van der Waals surface area contributed by atoms with Gasteiger partial charge in [0.1, 0.15) is 5.76 Å². The molecule has 3 rings (SSSR count). The number of aromatic nitrogens is 2. The van der Waals surface area contributed by atoms with E-state index in [1.165, 1.54) is 23.9 Å². The molecule has 0 N–H and O–H groups in total. The van der Waals surface area contributed by atoms with Crippen molar-refractivity contribution >= 4 is 11.8 Å². The predicted molar refractivity (Wildman–Crippen MR) is 78.4 cm³/mol. The van der Waals surface area contributed by atoms with Crippen LogP contribution in [0.3, 0.4) is 0 Å². The minimum atomic E-state index is -4.40. The van der Waals surface area contributed by atoms with Crippen LogP contribution in [-0.2, 0) is 17.7 Å². The third-order valence-corrected chi connectivity index (χ3v) is 3.91. The van der Waals surface area contributed by atoms with Crippen LogP contribution in [0.25, 0.3) is 11.4 Å². The van der Waals surface area contributed by atoms with Crippen molar-refractivity contribution in [1.29, 1.82) is 0 Å². The first-order valence-corrected chi connectivity index (χ1v) is 7.78. The summed E-state index contributed by atoms with van der Waals surface area (Å²) in [6.45, 7) is 0. The fourth-order valence-electron chi connectivity index (χ4n) is 1.90. The Morgan fingerprint density at radius 2 is 1.96 bits per heavy atom. The normalized spacial score (nSPS) is 11.8. The van der Waals surface area contributed by atoms with Crippen LogP contribution in [0, 0.1) is 0 Å². The number of nitrogens with zero attached hydrogens (tertiary/aromatic N) is 2. The lowest BCUT2D eigenvalue weighted by atomic mass is 10.1. The molecule has 0 aliphatic carbocycles. The first kappa shape index (κ1) is 15.7. The van der Waals surface area contributed by atoms with E-state index in [0.29, 0.717) is 17.4 Å². The second-order valence-corrected chi connectivity index (χ2v) is 5.65. The molecule has 23 heavy (non-hydrogen) atoms. The molecule has 0 spiro atoms. The van der Waals surface area contributed by atoms with Gasteiger partial charge in [-0.15, -0.1) is 11.8 Å². The highest BCUT2D eigenvalue weighted by molar-refractivity contribution is 7.97. The summed E-state index contributed by atoms with van der Waals surface area (Å²) in [5.74, 6) is 2.42. The number of rotatable bonds is 5. The number of hydrogen-bond acceptors (Lipinski definition) is 5. The van der Waals surface area contributed by atoms with Crippen LogP contribution in [0.5, 0.6) is 0 Å². The van der Waals surface area contributed by atoms with Crippen LogP contribution in [0.15, 0.2) is 51.6 Å². The Kier molecular flexibility index (Phi) is 4.42. The molecule has 0 unspecified atom stereocenters. The van der Waals surface area contributed by atoms with E-state index in [0.717, 1.165) is 17.9 Å². The highest BCUT2D eigenvalue weighted by atomic mass is 32.2. The van der Waals surface area contributed by atoms with Gasteiger partial charge in [-0.05, 0) is 24.3 Å². The monoisotopic (exact) mass is 340 g/mol. The van der Waals surface area contributed by atoms with Crippen molar-refractivity contribution in [2.24, 2.45) is 0 Å². The van der Waals surface area contributed by atoms with E-state index in [9.17, 15) is 13.2 Å². The van der Waals surface area contributed by atoms with Crippen molar-refractivity contribution in [3.8, 4) is 11.4 Å². The highest BCUT2D eigenvalue weighted by Crippen LogP contribution is 2.31. The van der Waals surface area contributed by atoms with E-state index in [-0.39, 0.29) is 11.4 Å². The second kappa shape index (κ2) is 6.49. The van der Waals surface area contributed by atoms with Crippen LogP contribution in [-0.4, -0.2) is 10.1 Å². The number of alkyl halides is 3. The molecule has 8 heteroatoms. The van der Waals surface area contributed by atoms with Crippen molar-refractivity contribution in [2.75, 3.05) is 0 Å². The van der Waals surface area contributed by atoms with Crippen LogP contribution < -0.4 is 0 Å². The molecule has 0 amide bonds. The molecule has 120 valence electrons. The van der Waals surface area contributed by atoms with E-state index < -0.39 is 11.7 Å². The van der Waals surface area contributed by atoms with Crippen molar-refractivity contribution in [2.45, 2.75) is 17.7 Å². The lowest BCUT2D eigenvalue weighted by Crippen LogP contribution is -2.04. The van der Waals surface area contributed by atoms with Gasteiger partial charge in [-0.3, -0.25) is 0 Å². The average Bonchev–Trinajstić information content (AvgIpc) is 3.18. The SMILES string of the molecule is FC(F)(F)c1cccc(-c2noc(CSCc3ccco3)n2)c1. The topological polar surface area (TPSA) is 52.1 Å². The molecule has 0 radical (unpaired) electrons. The Hall–Kier alpha value is -2.22. The molecule has 4 nitrogen and oxygen atoms in total. The van der Waals surface area contributed by atoms with Crippen LogP contribution in [0.4, 0.5) is 13.2 Å². The van der Waals surface area contributed by atoms with Gasteiger partial charge in [-0.25, -0.2) is 0 Å². The molecule has 1 aromatic carbocycles. The average molecular weight is 340 g/mol. The lowest BCUT2D eigenvalue weighted by Gasteiger charge is -2.06. The first-order valence-electron chi connectivity index (χ1n) is 6.63. The summed E-state index contributed by atoms with van der Waals surface area (Å²) >= 11 is 1.51. The maximum absolute atomic E-state index is 12.7. The second-order valence-electron chi connectivity index (χ2n) is 4.66. The lowest BCUT2D eigenvalue weighted by molar-refractivity contribution is -0.137. The summed E-state index contributed by atoms with van der Waals surface area (Å²) in [6.07, 6.45) is -2.81. The Balaban J connectivity index is 1.67. The Bertz CT molecular complexity index is 769. The number of halogens is 3. The summed E-state index contributed by atoms with van der Waals surface area (Å²) < 4.78 is 48.4. The summed E-state index contributed by atoms with van der Waals surface area (Å²) in [6, 6.07) is 8.50. The van der Waals surface area contributed by atoms with Crippen molar-refractivity contribution < 1.29 is 22.1 Å². The van der Waals surface area contributed by atoms with Crippen LogP contribution >= 0.6 is 11.8 Å². The molecule has 0 fully saturated rings. The van der Waals surface area contributed by atoms with Gasteiger partial charge < -0.3 is 8.94 Å². The fourth-order valence-corrected chi connectivity index (χ4v) is 2.66. The quantitative estimate of drug-likeness (QED) is 0.669. The zero-order chi connectivity index (χ0) is 16.3. The molecule has 2 heterocycles. The molecule has 0 aliphatic heterocycles. The van der Waals surface area contributed by atoms with Gasteiger partial charge in [0.25, 0.3) is 0 Å². The van der Waals surface area contributed by atoms with Gasteiger partial charge in [-0.1, -0.05) is 17.3 Å². The smallest absolute Gasteiger partial charge is 0.416 e. The number of furan rings is 1. The van der Waals surface area contributed by atoms with Crippen LogP contribution in [0.2, 0.25) is 0 Å². The minimum absolute atomic E-state index is 0.143. The molecular weight excluding hydrogens is 329 g/mol. The van der Waals surface area contributed by atoms with Crippen molar-refractivity contribution in [1.82, 2.24) is 10.1 Å². The summed E-state index contributed by atoms with van der Waals surface area (Å²) in [5.41, 5.74) is -0.473. The van der Waals surface area contributed by atoms with E-state index >= 15 is 0 Å². The van der Waals surface area contributed by atoms with E-state index in [1.54, 1.807) is 12.3 Å². The summed E-state index contributed by atoms with van der Waals surface area (Å²) in [4.78, 5) is 4.13. The summed E-state index contributed by atoms with van der Waals surface area (Å²) in [7, 11) is 0. The standard InChI is InChI=1S/C15H11F3N2O2S/c16-15(17,18)11-4-1-3-10(7-11)14-19-13(22-20-14)9-23-8-12-5-2-6-21-12/h1-7H,8-9H2. The van der Waals surface area contributed by atoms with Crippen molar-refractivity contribution in [3.05, 3.63) is 59.9 Å². The molecule has 0 saturated carbocycles. The third kappa shape index (κ3) is 3.95. The largest absolute Gasteiger partial charge is 0.468 e. The van der Waals surface area contributed by atoms with Crippen LogP contribution in [0.1, 0.15) is 17.2 Å². The molecule has 3 aromatic rings. The van der Waals surface area contributed by atoms with E-state index in [1.807, 2.05) is 6.07 Å². The first-order chi connectivity index (χ1) is 11.0. The maximum atomic E-state index is 12.7. The molecule has 2 aromatic heterocycles. The Labute approximate surface area is 133 Å². The van der Waals surface area contributed by atoms with Gasteiger partial charge >= 0.3 is 6.18 Å². The van der Waals surface area contributed by atoms with Crippen molar-refractivity contribution in [3.63, 3.8) is 0 Å². The summed E-state index contributed by atoms with van der Waals surface area (Å²) in [5, 5.41) is 3.74. The zero-order valence-electron chi connectivity index (χ0n) is 11.7. The van der Waals surface area contributed by atoms with E-state index in [4.69, 9.17) is 8.94 Å². The Morgan fingerprint density at radius 3 is 2.70 bits per heavy atom. The predicted octanol–water partition coefficient (Wildman–Crippen LogP) is 4.78. The molecular formula is C15H11F3N2O2S. The number of benzene rings is 1. The number of hydrogen-bond donors (Lipinski definition) is 0. The molecule has 0 aliphatic rings. The minimum Gasteiger partial charge on any atom is -0.468 e. The maximum Gasteiger partial charge on any atom is 0.416 e. The Morgan fingerprint density at radius 1 is 1.09 bits per heavy atom. The molecule has 0 bridgehead atoms. The molecule has 0 atom stereocenters. The number of thioether (sulfide) groups is 1. The zero-order valence-corrected chi connectivity index (χ0v) is 12.5. The van der Waals surface area contributed by atoms with Gasteiger partial charge in [0.05, 0.1) is 23.3 Å². The molecule has 0 saturated heterocycles. The van der Waals surface area contributed by atoms with Gasteiger partial charge in [0.15, 0.2) is 0 Å².